The molecule has 0 spiro atoms. The highest BCUT2D eigenvalue weighted by atomic mass is 19.4. The van der Waals surface area contributed by atoms with Crippen LogP contribution in [0.1, 0.15) is 48.0 Å². The zero-order chi connectivity index (χ0) is 21.2. The van der Waals surface area contributed by atoms with Crippen molar-refractivity contribution < 1.29 is 27.6 Å². The van der Waals surface area contributed by atoms with Crippen molar-refractivity contribution in [3.8, 4) is 0 Å². The zero-order valence-electron chi connectivity index (χ0n) is 16.2. The maximum absolute atomic E-state index is 12.8. The molecule has 158 valence electrons. The maximum atomic E-state index is 12.8. The molecule has 2 aliphatic rings. The number of aryl methyl sites for hydroxylation is 1. The third-order valence-electron chi connectivity index (χ3n) is 5.43. The van der Waals surface area contributed by atoms with E-state index >= 15 is 0 Å². The molecule has 29 heavy (non-hydrogen) atoms. The summed E-state index contributed by atoms with van der Waals surface area (Å²) in [6.45, 7) is 2.50. The van der Waals surface area contributed by atoms with E-state index in [4.69, 9.17) is 0 Å². The minimum atomic E-state index is -4.61. The van der Waals surface area contributed by atoms with Crippen LogP contribution in [0.4, 0.5) is 18.9 Å². The van der Waals surface area contributed by atoms with Gasteiger partial charge in [-0.1, -0.05) is 18.9 Å². The van der Waals surface area contributed by atoms with Crippen LogP contribution in [0.3, 0.4) is 0 Å². The third-order valence-corrected chi connectivity index (χ3v) is 5.43. The van der Waals surface area contributed by atoms with E-state index in [1.165, 1.54) is 11.0 Å². The van der Waals surface area contributed by atoms with Crippen molar-refractivity contribution >= 4 is 23.4 Å². The average Bonchev–Trinajstić information content (AvgIpc) is 3.15. The van der Waals surface area contributed by atoms with Gasteiger partial charge < -0.3 is 15.1 Å². The van der Waals surface area contributed by atoms with Crippen molar-refractivity contribution in [2.75, 3.05) is 25.0 Å². The van der Waals surface area contributed by atoms with E-state index in [1.807, 2.05) is 4.90 Å². The first-order valence-corrected chi connectivity index (χ1v) is 9.70. The van der Waals surface area contributed by atoms with Gasteiger partial charge in [0.1, 0.15) is 13.0 Å². The highest BCUT2D eigenvalue weighted by molar-refractivity contribution is 5.99. The summed E-state index contributed by atoms with van der Waals surface area (Å²) in [4.78, 5) is 40.2. The maximum Gasteiger partial charge on any atom is 0.397 e. The number of nitrogens with one attached hydrogen (secondary N) is 1. The van der Waals surface area contributed by atoms with E-state index in [1.54, 1.807) is 19.1 Å². The number of halogens is 3. The Hall–Kier alpha value is -2.58. The quantitative estimate of drug-likeness (QED) is 0.828. The van der Waals surface area contributed by atoms with Gasteiger partial charge in [0.25, 0.3) is 5.91 Å². The molecule has 6 nitrogen and oxygen atoms in total. The molecule has 1 aromatic rings. The van der Waals surface area contributed by atoms with Crippen LogP contribution in [0, 0.1) is 6.92 Å². The highest BCUT2D eigenvalue weighted by Gasteiger charge is 2.34. The van der Waals surface area contributed by atoms with Crippen LogP contribution in [0.5, 0.6) is 0 Å². The van der Waals surface area contributed by atoms with Gasteiger partial charge in [0, 0.05) is 30.4 Å². The molecule has 0 radical (unpaired) electrons. The lowest BCUT2D eigenvalue weighted by molar-refractivity contribution is -0.150. The molecule has 1 saturated heterocycles. The number of amides is 3. The number of hydrogen-bond donors (Lipinski definition) is 1. The Labute approximate surface area is 167 Å². The van der Waals surface area contributed by atoms with Crippen molar-refractivity contribution in [3.05, 3.63) is 29.3 Å². The van der Waals surface area contributed by atoms with E-state index in [0.717, 1.165) is 25.7 Å². The third kappa shape index (κ3) is 5.27. The summed E-state index contributed by atoms with van der Waals surface area (Å²) < 4.78 is 37.1. The molecule has 1 N–H and O–H groups in total. The zero-order valence-corrected chi connectivity index (χ0v) is 16.2. The van der Waals surface area contributed by atoms with Gasteiger partial charge in [-0.3, -0.25) is 14.4 Å². The normalized spacial score (nSPS) is 18.3. The van der Waals surface area contributed by atoms with Crippen LogP contribution in [0.2, 0.25) is 0 Å². The van der Waals surface area contributed by atoms with Gasteiger partial charge >= 0.3 is 6.18 Å². The number of carbonyl (C=O) groups excluding carboxylic acids is 3. The average molecular weight is 411 g/mol. The van der Waals surface area contributed by atoms with Crippen LogP contribution < -0.4 is 5.32 Å². The second-order valence-electron chi connectivity index (χ2n) is 7.62. The number of rotatable bonds is 4. The number of benzene rings is 1. The number of carbonyl (C=O) groups is 3. The minimum absolute atomic E-state index is 0.0149. The van der Waals surface area contributed by atoms with Crippen molar-refractivity contribution in [2.45, 2.75) is 51.2 Å². The summed E-state index contributed by atoms with van der Waals surface area (Å²) in [5, 5.41) is 2.21. The number of piperazine rings is 1. The summed E-state index contributed by atoms with van der Waals surface area (Å²) in [6.07, 6.45) is -1.98. The smallest absolute Gasteiger partial charge is 0.336 e. The summed E-state index contributed by atoms with van der Waals surface area (Å²) in [5.41, 5.74) is 0.917. The second-order valence-corrected chi connectivity index (χ2v) is 7.62. The van der Waals surface area contributed by atoms with Crippen molar-refractivity contribution in [1.29, 1.82) is 0 Å². The molecule has 0 unspecified atom stereocenters. The molecular formula is C20H24F3N3O3. The molecule has 2 fully saturated rings. The molecule has 1 aliphatic heterocycles. The lowest BCUT2D eigenvalue weighted by Crippen LogP contribution is -2.54. The molecule has 1 aliphatic carbocycles. The Morgan fingerprint density at radius 3 is 2.48 bits per heavy atom. The molecular weight excluding hydrogens is 387 g/mol. The van der Waals surface area contributed by atoms with E-state index in [0.29, 0.717) is 18.7 Å². The Bertz CT molecular complexity index is 804. The molecule has 3 rings (SSSR count). The van der Waals surface area contributed by atoms with Gasteiger partial charge in [0.05, 0.1) is 0 Å². The van der Waals surface area contributed by atoms with Crippen LogP contribution in [0.25, 0.3) is 0 Å². The Balaban J connectivity index is 1.66. The molecule has 1 saturated carbocycles. The second kappa shape index (κ2) is 8.42. The first-order valence-electron chi connectivity index (χ1n) is 9.70. The van der Waals surface area contributed by atoms with Crippen molar-refractivity contribution in [3.63, 3.8) is 0 Å². The fourth-order valence-electron chi connectivity index (χ4n) is 3.91. The first-order chi connectivity index (χ1) is 13.6. The minimum Gasteiger partial charge on any atom is -0.336 e. The van der Waals surface area contributed by atoms with Gasteiger partial charge in [0.15, 0.2) is 0 Å². The Morgan fingerprint density at radius 1 is 1.17 bits per heavy atom. The predicted octanol–water partition coefficient (Wildman–Crippen LogP) is 3.11. The molecule has 0 atom stereocenters. The fourth-order valence-corrected chi connectivity index (χ4v) is 3.91. The number of anilines is 1. The number of alkyl halides is 3. The van der Waals surface area contributed by atoms with Crippen molar-refractivity contribution in [2.24, 2.45) is 0 Å². The van der Waals surface area contributed by atoms with Gasteiger partial charge in [-0.25, -0.2) is 0 Å². The fraction of sp³-hybridized carbons (Fsp3) is 0.550. The highest BCUT2D eigenvalue weighted by Crippen LogP contribution is 2.26. The van der Waals surface area contributed by atoms with E-state index in [9.17, 15) is 27.6 Å². The van der Waals surface area contributed by atoms with Gasteiger partial charge in [-0.2, -0.15) is 13.2 Å². The largest absolute Gasteiger partial charge is 0.397 e. The molecule has 1 aromatic carbocycles. The van der Waals surface area contributed by atoms with Gasteiger partial charge in [-0.05, 0) is 37.5 Å². The Kier molecular flexibility index (Phi) is 6.14. The molecule has 0 bridgehead atoms. The molecule has 1 heterocycles. The first kappa shape index (κ1) is 21.1. The van der Waals surface area contributed by atoms with Crippen LogP contribution >= 0.6 is 0 Å². The molecule has 3 amide bonds. The number of hydrogen-bond acceptors (Lipinski definition) is 3. The molecule has 9 heteroatoms. The SMILES string of the molecule is Cc1ccc(C(=O)N2CCN(C3CCCC3)C(=O)C2)cc1NC(=O)CC(F)(F)F. The predicted molar refractivity (Wildman–Crippen MR) is 100 cm³/mol. The summed E-state index contributed by atoms with van der Waals surface area (Å²) >= 11 is 0. The lowest BCUT2D eigenvalue weighted by atomic mass is 10.1. The van der Waals surface area contributed by atoms with Gasteiger partial charge in [0.2, 0.25) is 11.8 Å². The summed E-state index contributed by atoms with van der Waals surface area (Å²) in [6, 6.07) is 4.73. The van der Waals surface area contributed by atoms with Gasteiger partial charge in [-0.15, -0.1) is 0 Å². The summed E-state index contributed by atoms with van der Waals surface area (Å²) in [7, 11) is 0. The lowest BCUT2D eigenvalue weighted by Gasteiger charge is -2.37. The summed E-state index contributed by atoms with van der Waals surface area (Å²) in [5.74, 6) is -1.65. The van der Waals surface area contributed by atoms with Crippen LogP contribution in [-0.2, 0) is 9.59 Å². The van der Waals surface area contributed by atoms with E-state index in [2.05, 4.69) is 5.32 Å². The standard InChI is InChI=1S/C20H24F3N3O3/c1-13-6-7-14(10-16(13)24-17(27)11-20(21,22)23)19(29)25-8-9-26(18(28)12-25)15-4-2-3-5-15/h6-7,10,15H,2-5,8-9,11-12H2,1H3,(H,24,27). The molecule has 0 aromatic heterocycles. The van der Waals surface area contributed by atoms with E-state index in [-0.39, 0.29) is 35.7 Å². The monoisotopic (exact) mass is 411 g/mol. The van der Waals surface area contributed by atoms with Crippen LogP contribution in [0.15, 0.2) is 18.2 Å². The number of nitrogens with zero attached hydrogens (tertiary/aromatic N) is 2. The Morgan fingerprint density at radius 2 is 1.86 bits per heavy atom. The topological polar surface area (TPSA) is 69.7 Å². The van der Waals surface area contributed by atoms with Crippen LogP contribution in [-0.4, -0.2) is 59.4 Å². The van der Waals surface area contributed by atoms with Crippen molar-refractivity contribution in [1.82, 2.24) is 9.80 Å². The van der Waals surface area contributed by atoms with E-state index < -0.39 is 18.5 Å².